The summed E-state index contributed by atoms with van der Waals surface area (Å²) in [5.41, 5.74) is 1.36. The highest BCUT2D eigenvalue weighted by Gasteiger charge is 2.25. The Bertz CT molecular complexity index is 697. The fourth-order valence-electron chi connectivity index (χ4n) is 3.44. The Morgan fingerprint density at radius 3 is 2.61 bits per heavy atom. The van der Waals surface area contributed by atoms with Gasteiger partial charge < -0.3 is 10.6 Å². The van der Waals surface area contributed by atoms with Crippen molar-refractivity contribution in [2.75, 3.05) is 31.6 Å². The van der Waals surface area contributed by atoms with Gasteiger partial charge in [0.1, 0.15) is 9.84 Å². The van der Waals surface area contributed by atoms with Gasteiger partial charge in [-0.25, -0.2) is 8.42 Å². The number of benzene rings is 1. The maximum absolute atomic E-state index is 11.2. The molecule has 2 unspecified atom stereocenters. The molecule has 0 aliphatic carbocycles. The molecule has 0 amide bonds. The fraction of sp³-hybridized carbons (Fsp3) is 0.650. The third kappa shape index (κ3) is 9.56. The molecule has 0 radical (unpaired) electrons. The molecule has 8 heteroatoms. The van der Waals surface area contributed by atoms with Crippen molar-refractivity contribution in [3.05, 3.63) is 35.9 Å². The van der Waals surface area contributed by atoms with Crippen molar-refractivity contribution in [2.45, 2.75) is 51.7 Å². The van der Waals surface area contributed by atoms with Gasteiger partial charge >= 0.3 is 0 Å². The van der Waals surface area contributed by atoms with Gasteiger partial charge in [-0.3, -0.25) is 9.89 Å². The standard InChI is InChI=1S/C20H34N4O2S.HI/c1-4-21-20(22-12-8-14-27(3,25)26)23-19-11-13-24(17(2)15-19)16-18-9-6-5-7-10-18;/h5-7,9-10,17,19H,4,8,11-16H2,1-3H3,(H2,21,22,23);1H. The number of guanidine groups is 1. The molecule has 2 rings (SSSR count). The first-order chi connectivity index (χ1) is 12.9. The van der Waals surface area contributed by atoms with E-state index in [1.165, 1.54) is 11.8 Å². The molecule has 2 N–H and O–H groups in total. The number of rotatable bonds is 8. The topological polar surface area (TPSA) is 73.8 Å². The summed E-state index contributed by atoms with van der Waals surface area (Å²) in [7, 11) is -2.92. The number of sulfone groups is 1. The van der Waals surface area contributed by atoms with Crippen molar-refractivity contribution in [3.8, 4) is 0 Å². The number of piperidine rings is 1. The predicted molar refractivity (Wildman–Crippen MR) is 128 cm³/mol. The predicted octanol–water partition coefficient (Wildman–Crippen LogP) is 2.65. The molecule has 2 atom stereocenters. The second-order valence-corrected chi connectivity index (χ2v) is 9.67. The maximum Gasteiger partial charge on any atom is 0.191 e. The van der Waals surface area contributed by atoms with E-state index in [0.29, 0.717) is 25.0 Å². The molecule has 0 spiro atoms. The normalized spacial score (nSPS) is 21.0. The van der Waals surface area contributed by atoms with E-state index in [0.717, 1.165) is 38.4 Å². The Hall–Kier alpha value is -0.870. The third-order valence-electron chi connectivity index (χ3n) is 4.87. The Balaban J connectivity index is 0.00000392. The van der Waals surface area contributed by atoms with Gasteiger partial charge in [0.2, 0.25) is 0 Å². The van der Waals surface area contributed by atoms with Crippen LogP contribution in [0.2, 0.25) is 0 Å². The van der Waals surface area contributed by atoms with Crippen LogP contribution in [0.1, 0.15) is 38.7 Å². The van der Waals surface area contributed by atoms with Crippen LogP contribution in [0.25, 0.3) is 0 Å². The lowest BCUT2D eigenvalue weighted by Crippen LogP contribution is -2.51. The van der Waals surface area contributed by atoms with Crippen LogP contribution in [-0.4, -0.2) is 63.0 Å². The number of hydrogen-bond acceptors (Lipinski definition) is 4. The van der Waals surface area contributed by atoms with Crippen molar-refractivity contribution in [3.63, 3.8) is 0 Å². The first-order valence-electron chi connectivity index (χ1n) is 9.88. The second kappa shape index (κ2) is 12.6. The third-order valence-corrected chi connectivity index (χ3v) is 5.90. The van der Waals surface area contributed by atoms with Gasteiger partial charge in [0.25, 0.3) is 0 Å². The van der Waals surface area contributed by atoms with E-state index in [9.17, 15) is 8.42 Å². The largest absolute Gasteiger partial charge is 0.357 e. The lowest BCUT2D eigenvalue weighted by atomic mass is 9.97. The Morgan fingerprint density at radius 2 is 2.00 bits per heavy atom. The Morgan fingerprint density at radius 1 is 1.29 bits per heavy atom. The SMILES string of the molecule is CCNC(=NCCCS(C)(=O)=O)NC1CCN(Cc2ccccc2)C(C)C1.I. The van der Waals surface area contributed by atoms with E-state index in [4.69, 9.17) is 0 Å². The minimum atomic E-state index is -2.92. The lowest BCUT2D eigenvalue weighted by molar-refractivity contribution is 0.134. The van der Waals surface area contributed by atoms with Gasteiger partial charge in [0, 0.05) is 44.5 Å². The van der Waals surface area contributed by atoms with E-state index in [1.807, 2.05) is 6.92 Å². The summed E-state index contributed by atoms with van der Waals surface area (Å²) in [6.07, 6.45) is 3.97. The highest BCUT2D eigenvalue weighted by molar-refractivity contribution is 14.0. The summed E-state index contributed by atoms with van der Waals surface area (Å²) in [6.45, 7) is 7.69. The summed E-state index contributed by atoms with van der Waals surface area (Å²) < 4.78 is 22.5. The fourth-order valence-corrected chi connectivity index (χ4v) is 4.09. The minimum absolute atomic E-state index is 0. The Kier molecular flexibility index (Phi) is 11.4. The van der Waals surface area contributed by atoms with Crippen LogP contribution in [0.4, 0.5) is 0 Å². The Labute approximate surface area is 187 Å². The molecule has 1 saturated heterocycles. The average Bonchev–Trinajstić information content (AvgIpc) is 2.61. The van der Waals surface area contributed by atoms with Crippen LogP contribution in [0.3, 0.4) is 0 Å². The first kappa shape index (κ1) is 25.2. The molecule has 6 nitrogen and oxygen atoms in total. The quantitative estimate of drug-likeness (QED) is 0.238. The number of hydrogen-bond donors (Lipinski definition) is 2. The van der Waals surface area contributed by atoms with Crippen LogP contribution in [0.5, 0.6) is 0 Å². The van der Waals surface area contributed by atoms with Crippen molar-refractivity contribution >= 4 is 39.8 Å². The number of halogens is 1. The van der Waals surface area contributed by atoms with E-state index in [1.54, 1.807) is 0 Å². The minimum Gasteiger partial charge on any atom is -0.357 e. The van der Waals surface area contributed by atoms with Gasteiger partial charge in [0.15, 0.2) is 5.96 Å². The molecule has 0 aromatic heterocycles. The number of nitrogens with zero attached hydrogens (tertiary/aromatic N) is 2. The monoisotopic (exact) mass is 522 g/mol. The van der Waals surface area contributed by atoms with Crippen molar-refractivity contribution in [1.82, 2.24) is 15.5 Å². The van der Waals surface area contributed by atoms with Crippen LogP contribution in [-0.2, 0) is 16.4 Å². The van der Waals surface area contributed by atoms with Crippen LogP contribution < -0.4 is 10.6 Å². The highest BCUT2D eigenvalue weighted by atomic mass is 127. The molecule has 28 heavy (non-hydrogen) atoms. The molecule has 1 heterocycles. The number of aliphatic imine (C=N–C) groups is 1. The molecule has 0 saturated carbocycles. The lowest BCUT2D eigenvalue weighted by Gasteiger charge is -2.38. The second-order valence-electron chi connectivity index (χ2n) is 7.41. The molecule has 1 fully saturated rings. The zero-order chi connectivity index (χ0) is 19.7. The van der Waals surface area contributed by atoms with Gasteiger partial charge in [-0.15, -0.1) is 24.0 Å². The molecule has 1 aromatic carbocycles. The van der Waals surface area contributed by atoms with E-state index in [-0.39, 0.29) is 29.7 Å². The van der Waals surface area contributed by atoms with Crippen LogP contribution in [0, 0.1) is 0 Å². The molecule has 0 bridgehead atoms. The number of likely N-dealkylation sites (tertiary alicyclic amines) is 1. The van der Waals surface area contributed by atoms with E-state index >= 15 is 0 Å². The molecule has 1 aliphatic heterocycles. The molecule has 1 aromatic rings. The summed E-state index contributed by atoms with van der Waals surface area (Å²) in [5.74, 6) is 0.977. The van der Waals surface area contributed by atoms with Gasteiger partial charge in [-0.1, -0.05) is 30.3 Å². The van der Waals surface area contributed by atoms with Crippen LogP contribution >= 0.6 is 24.0 Å². The zero-order valence-corrected chi connectivity index (χ0v) is 20.4. The van der Waals surface area contributed by atoms with Crippen LogP contribution in [0.15, 0.2) is 35.3 Å². The summed E-state index contributed by atoms with van der Waals surface area (Å²) >= 11 is 0. The van der Waals surface area contributed by atoms with Gasteiger partial charge in [0.05, 0.1) is 5.75 Å². The molecular formula is C20H35IN4O2S. The summed E-state index contributed by atoms with van der Waals surface area (Å²) in [6, 6.07) is 11.5. The maximum atomic E-state index is 11.2. The smallest absolute Gasteiger partial charge is 0.191 e. The molecular weight excluding hydrogens is 487 g/mol. The van der Waals surface area contributed by atoms with Gasteiger partial charge in [-0.2, -0.15) is 0 Å². The van der Waals surface area contributed by atoms with Crippen molar-refractivity contribution in [1.29, 1.82) is 0 Å². The zero-order valence-electron chi connectivity index (χ0n) is 17.2. The van der Waals surface area contributed by atoms with E-state index in [2.05, 4.69) is 57.8 Å². The van der Waals surface area contributed by atoms with Crippen molar-refractivity contribution in [2.24, 2.45) is 4.99 Å². The van der Waals surface area contributed by atoms with Gasteiger partial charge in [-0.05, 0) is 38.7 Å². The van der Waals surface area contributed by atoms with Crippen molar-refractivity contribution < 1.29 is 8.42 Å². The number of nitrogens with one attached hydrogen (secondary N) is 2. The highest BCUT2D eigenvalue weighted by Crippen LogP contribution is 2.19. The van der Waals surface area contributed by atoms with E-state index < -0.39 is 9.84 Å². The molecule has 1 aliphatic rings. The summed E-state index contributed by atoms with van der Waals surface area (Å²) in [5, 5.41) is 6.80. The average molecular weight is 522 g/mol. The summed E-state index contributed by atoms with van der Waals surface area (Å²) in [4.78, 5) is 7.07. The molecule has 160 valence electrons. The first-order valence-corrected chi connectivity index (χ1v) is 11.9.